The number of nitrogens with one attached hydrogen (secondary N) is 2. The molecule has 144 valence electrons. The highest BCUT2D eigenvalue weighted by Crippen LogP contribution is 2.30. The first-order chi connectivity index (χ1) is 13.2. The molecule has 1 amide bonds. The van der Waals surface area contributed by atoms with E-state index in [-0.39, 0.29) is 17.3 Å². The molecule has 0 unspecified atom stereocenters. The van der Waals surface area contributed by atoms with Crippen LogP contribution in [0.4, 0.5) is 30.5 Å². The third kappa shape index (κ3) is 4.85. The number of aromatic nitrogens is 2. The highest BCUT2D eigenvalue weighted by molar-refractivity contribution is 6.03. The lowest BCUT2D eigenvalue weighted by Crippen LogP contribution is -2.15. The van der Waals surface area contributed by atoms with Gasteiger partial charge in [-0.15, -0.1) is 0 Å². The molecule has 0 saturated heterocycles. The number of anilines is 3. The number of halogens is 3. The van der Waals surface area contributed by atoms with Gasteiger partial charge in [0.05, 0.1) is 5.56 Å². The van der Waals surface area contributed by atoms with Crippen molar-refractivity contribution in [3.05, 3.63) is 77.1 Å². The molecule has 3 aromatic rings. The van der Waals surface area contributed by atoms with Crippen molar-refractivity contribution in [1.82, 2.24) is 9.97 Å². The van der Waals surface area contributed by atoms with Gasteiger partial charge in [0.2, 0.25) is 5.95 Å². The van der Waals surface area contributed by atoms with Crippen molar-refractivity contribution in [2.24, 2.45) is 0 Å². The molecule has 0 aliphatic heterocycles. The van der Waals surface area contributed by atoms with Gasteiger partial charge in [0.25, 0.3) is 5.91 Å². The fourth-order valence-electron chi connectivity index (χ4n) is 2.69. The highest BCUT2D eigenvalue weighted by Gasteiger charge is 2.30. The van der Waals surface area contributed by atoms with Crippen LogP contribution in [0.2, 0.25) is 0 Å². The van der Waals surface area contributed by atoms with Crippen molar-refractivity contribution in [2.75, 3.05) is 10.6 Å². The summed E-state index contributed by atoms with van der Waals surface area (Å²) in [4.78, 5) is 20.6. The van der Waals surface area contributed by atoms with Crippen LogP contribution in [-0.4, -0.2) is 15.9 Å². The number of hydrogen-bond donors (Lipinski definition) is 2. The Labute approximate surface area is 159 Å². The Morgan fingerprint density at radius 3 is 2.36 bits per heavy atom. The van der Waals surface area contributed by atoms with Gasteiger partial charge in [0.15, 0.2) is 0 Å². The molecule has 28 heavy (non-hydrogen) atoms. The summed E-state index contributed by atoms with van der Waals surface area (Å²) in [5.74, 6) is -0.424. The minimum atomic E-state index is -4.49. The maximum absolute atomic E-state index is 12.8. The second kappa shape index (κ2) is 7.67. The van der Waals surface area contributed by atoms with Crippen LogP contribution in [-0.2, 0) is 6.18 Å². The van der Waals surface area contributed by atoms with Crippen molar-refractivity contribution >= 4 is 23.2 Å². The summed E-state index contributed by atoms with van der Waals surface area (Å²) < 4.78 is 38.4. The molecule has 0 spiro atoms. The second-order valence-corrected chi connectivity index (χ2v) is 6.30. The van der Waals surface area contributed by atoms with Crippen LogP contribution >= 0.6 is 0 Å². The van der Waals surface area contributed by atoms with E-state index in [4.69, 9.17) is 0 Å². The zero-order chi connectivity index (χ0) is 20.3. The van der Waals surface area contributed by atoms with E-state index >= 15 is 0 Å². The van der Waals surface area contributed by atoms with E-state index in [1.165, 1.54) is 24.4 Å². The standard InChI is InChI=1S/C20H17F3N4O/c1-12-8-13(2)10-16(9-12)26-19-24-7-6-17(27-19)18(28)25-15-5-3-4-14(11-15)20(21,22)23/h3-11H,1-2H3,(H,25,28)(H,24,26,27). The molecule has 0 radical (unpaired) electrons. The second-order valence-electron chi connectivity index (χ2n) is 6.30. The minimum absolute atomic E-state index is 0.0271. The Kier molecular flexibility index (Phi) is 5.30. The summed E-state index contributed by atoms with van der Waals surface area (Å²) >= 11 is 0. The average molecular weight is 386 g/mol. The Hall–Kier alpha value is -3.42. The van der Waals surface area contributed by atoms with Crippen LogP contribution in [0.3, 0.4) is 0 Å². The molecule has 2 aromatic carbocycles. The van der Waals surface area contributed by atoms with Crippen molar-refractivity contribution < 1.29 is 18.0 Å². The van der Waals surface area contributed by atoms with Crippen molar-refractivity contribution in [3.63, 3.8) is 0 Å². The lowest BCUT2D eigenvalue weighted by atomic mass is 10.1. The van der Waals surface area contributed by atoms with Gasteiger partial charge in [0.1, 0.15) is 5.69 Å². The van der Waals surface area contributed by atoms with Gasteiger partial charge in [0, 0.05) is 17.6 Å². The Balaban J connectivity index is 1.77. The summed E-state index contributed by atoms with van der Waals surface area (Å²) in [6, 6.07) is 11.6. The van der Waals surface area contributed by atoms with E-state index in [1.54, 1.807) is 0 Å². The number of benzene rings is 2. The van der Waals surface area contributed by atoms with Gasteiger partial charge in [-0.1, -0.05) is 12.1 Å². The molecular weight excluding hydrogens is 369 g/mol. The number of carbonyl (C=O) groups is 1. The molecule has 1 aromatic heterocycles. The number of nitrogens with zero attached hydrogens (tertiary/aromatic N) is 2. The highest BCUT2D eigenvalue weighted by atomic mass is 19.4. The third-order valence-electron chi connectivity index (χ3n) is 3.81. The smallest absolute Gasteiger partial charge is 0.324 e. The fraction of sp³-hybridized carbons (Fsp3) is 0.150. The van der Waals surface area contributed by atoms with E-state index < -0.39 is 17.6 Å². The van der Waals surface area contributed by atoms with E-state index in [2.05, 4.69) is 20.6 Å². The number of carbonyl (C=O) groups excluding carboxylic acids is 1. The summed E-state index contributed by atoms with van der Waals surface area (Å²) in [6.07, 6.45) is -3.09. The average Bonchev–Trinajstić information content (AvgIpc) is 2.60. The zero-order valence-electron chi connectivity index (χ0n) is 15.1. The van der Waals surface area contributed by atoms with Gasteiger partial charge in [-0.3, -0.25) is 4.79 Å². The first-order valence-corrected chi connectivity index (χ1v) is 8.38. The Morgan fingerprint density at radius 1 is 0.964 bits per heavy atom. The monoisotopic (exact) mass is 386 g/mol. The van der Waals surface area contributed by atoms with Gasteiger partial charge < -0.3 is 10.6 Å². The van der Waals surface area contributed by atoms with Crippen molar-refractivity contribution in [2.45, 2.75) is 20.0 Å². The number of rotatable bonds is 4. The van der Waals surface area contributed by atoms with E-state index in [0.717, 1.165) is 28.9 Å². The molecule has 0 fully saturated rings. The maximum atomic E-state index is 12.8. The number of alkyl halides is 3. The van der Waals surface area contributed by atoms with E-state index in [1.807, 2.05) is 32.0 Å². The molecule has 0 aliphatic carbocycles. The topological polar surface area (TPSA) is 66.9 Å². The molecule has 8 heteroatoms. The molecule has 0 aliphatic rings. The maximum Gasteiger partial charge on any atom is 0.416 e. The number of aryl methyl sites for hydroxylation is 2. The van der Waals surface area contributed by atoms with Gasteiger partial charge >= 0.3 is 6.18 Å². The first kappa shape index (κ1) is 19.3. The fourth-order valence-corrected chi connectivity index (χ4v) is 2.69. The van der Waals surface area contributed by atoms with E-state index in [0.29, 0.717) is 0 Å². The lowest BCUT2D eigenvalue weighted by Gasteiger charge is -2.10. The van der Waals surface area contributed by atoms with Crippen LogP contribution in [0, 0.1) is 13.8 Å². The number of amides is 1. The van der Waals surface area contributed by atoms with Crippen LogP contribution < -0.4 is 10.6 Å². The SMILES string of the molecule is Cc1cc(C)cc(Nc2nccc(C(=O)Nc3cccc(C(F)(F)F)c3)n2)c1. The van der Waals surface area contributed by atoms with Crippen molar-refractivity contribution in [3.8, 4) is 0 Å². The molecule has 1 heterocycles. The molecule has 2 N–H and O–H groups in total. The van der Waals surface area contributed by atoms with Gasteiger partial charge in [-0.2, -0.15) is 13.2 Å². The summed E-state index contributed by atoms with van der Waals surface area (Å²) in [5, 5.41) is 5.45. The quantitative estimate of drug-likeness (QED) is 0.654. The van der Waals surface area contributed by atoms with Crippen LogP contribution in [0.25, 0.3) is 0 Å². The van der Waals surface area contributed by atoms with Gasteiger partial charge in [-0.05, 0) is 61.4 Å². The minimum Gasteiger partial charge on any atom is -0.324 e. The number of hydrogen-bond acceptors (Lipinski definition) is 4. The first-order valence-electron chi connectivity index (χ1n) is 8.38. The molecular formula is C20H17F3N4O. The predicted octanol–water partition coefficient (Wildman–Crippen LogP) is 5.11. The Bertz CT molecular complexity index is 998. The van der Waals surface area contributed by atoms with Crippen LogP contribution in [0.15, 0.2) is 54.7 Å². The molecule has 3 rings (SSSR count). The third-order valence-corrected chi connectivity index (χ3v) is 3.81. The van der Waals surface area contributed by atoms with Crippen LogP contribution in [0.1, 0.15) is 27.2 Å². The lowest BCUT2D eigenvalue weighted by molar-refractivity contribution is -0.137. The molecule has 5 nitrogen and oxygen atoms in total. The molecule has 0 atom stereocenters. The largest absolute Gasteiger partial charge is 0.416 e. The summed E-state index contributed by atoms with van der Waals surface area (Å²) in [6.45, 7) is 3.91. The normalized spacial score (nSPS) is 11.2. The molecule has 0 saturated carbocycles. The zero-order valence-corrected chi connectivity index (χ0v) is 15.1. The van der Waals surface area contributed by atoms with Crippen molar-refractivity contribution in [1.29, 1.82) is 0 Å². The molecule has 0 bridgehead atoms. The summed E-state index contributed by atoms with van der Waals surface area (Å²) in [5.41, 5.74) is 2.10. The van der Waals surface area contributed by atoms with Crippen LogP contribution in [0.5, 0.6) is 0 Å². The predicted molar refractivity (Wildman–Crippen MR) is 101 cm³/mol. The summed E-state index contributed by atoms with van der Waals surface area (Å²) in [7, 11) is 0. The van der Waals surface area contributed by atoms with Gasteiger partial charge in [-0.25, -0.2) is 9.97 Å². The van der Waals surface area contributed by atoms with E-state index in [9.17, 15) is 18.0 Å². The Morgan fingerprint density at radius 2 is 1.68 bits per heavy atom.